The molecule has 0 aliphatic carbocycles. The summed E-state index contributed by atoms with van der Waals surface area (Å²) in [4.78, 5) is 32.6. The van der Waals surface area contributed by atoms with E-state index in [1.807, 2.05) is 0 Å². The van der Waals surface area contributed by atoms with E-state index in [4.69, 9.17) is 47.7 Å². The first kappa shape index (κ1) is 35.9. The lowest BCUT2D eigenvalue weighted by molar-refractivity contribution is -0.146. The molecular weight excluding hydrogens is 508 g/mol. The largest absolute Gasteiger partial charge is 0.481 e. The summed E-state index contributed by atoms with van der Waals surface area (Å²) in [5.74, 6) is -1.69. The molecule has 0 fully saturated rings. The number of ether oxygens (including phenoxy) is 9. The van der Waals surface area contributed by atoms with Gasteiger partial charge in [0.25, 0.3) is 0 Å². The molecule has 222 valence electrons. The Bertz CT molecular complexity index is 586. The van der Waals surface area contributed by atoms with Gasteiger partial charge in [0, 0.05) is 18.9 Å². The second kappa shape index (κ2) is 29.4. The van der Waals surface area contributed by atoms with Crippen LogP contribution in [-0.4, -0.2) is 129 Å². The number of carbonyl (C=O) groups excluding carboxylic acids is 2. The van der Waals surface area contributed by atoms with Crippen LogP contribution in [0.2, 0.25) is 0 Å². The molecule has 0 bridgehead atoms. The minimum Gasteiger partial charge on any atom is -0.481 e. The van der Waals surface area contributed by atoms with Crippen LogP contribution >= 0.6 is 0 Å². The molecule has 0 saturated carbocycles. The molecule has 0 rings (SSSR count). The summed E-state index contributed by atoms with van der Waals surface area (Å²) < 4.78 is 47.2. The Balaban J connectivity index is 3.12. The van der Waals surface area contributed by atoms with E-state index in [1.54, 1.807) is 0 Å². The molecule has 0 aromatic rings. The molecule has 38 heavy (non-hydrogen) atoms. The van der Waals surface area contributed by atoms with Gasteiger partial charge >= 0.3 is 17.9 Å². The first-order valence-electron chi connectivity index (χ1n) is 12.8. The van der Waals surface area contributed by atoms with Gasteiger partial charge in [-0.1, -0.05) is 6.58 Å². The van der Waals surface area contributed by atoms with Gasteiger partial charge in [-0.05, 0) is 12.8 Å². The second-order valence-electron chi connectivity index (χ2n) is 7.48. The van der Waals surface area contributed by atoms with Crippen molar-refractivity contribution in [2.45, 2.75) is 25.7 Å². The van der Waals surface area contributed by atoms with Crippen LogP contribution in [0.25, 0.3) is 0 Å². The van der Waals surface area contributed by atoms with Crippen LogP contribution in [0.4, 0.5) is 0 Å². The maximum atomic E-state index is 11.4. The van der Waals surface area contributed by atoms with Crippen molar-refractivity contribution in [3.8, 4) is 0 Å². The molecule has 0 unspecified atom stereocenters. The minimum atomic E-state index is -0.866. The molecule has 0 saturated heterocycles. The van der Waals surface area contributed by atoms with Gasteiger partial charge < -0.3 is 47.7 Å². The van der Waals surface area contributed by atoms with Crippen molar-refractivity contribution in [1.82, 2.24) is 0 Å². The number of carboxylic acids is 1. The highest BCUT2D eigenvalue weighted by molar-refractivity contribution is 5.81. The van der Waals surface area contributed by atoms with E-state index in [9.17, 15) is 14.4 Å². The summed E-state index contributed by atoms with van der Waals surface area (Å²) in [6.45, 7) is 9.50. The lowest BCUT2D eigenvalue weighted by Gasteiger charge is -2.09. The Morgan fingerprint density at radius 2 is 0.816 bits per heavy atom. The maximum absolute atomic E-state index is 11.4. The number of hydrogen-bond acceptors (Lipinski definition) is 12. The van der Waals surface area contributed by atoms with Crippen LogP contribution < -0.4 is 0 Å². The molecule has 0 heterocycles. The zero-order valence-electron chi connectivity index (χ0n) is 22.3. The van der Waals surface area contributed by atoms with E-state index in [0.29, 0.717) is 98.7 Å². The quantitative estimate of drug-likeness (QED) is 0.0767. The van der Waals surface area contributed by atoms with Crippen LogP contribution in [-0.2, 0) is 57.0 Å². The van der Waals surface area contributed by atoms with Crippen LogP contribution in [0.5, 0.6) is 0 Å². The van der Waals surface area contributed by atoms with Crippen molar-refractivity contribution in [1.29, 1.82) is 0 Å². The van der Waals surface area contributed by atoms with Gasteiger partial charge in [-0.3, -0.25) is 9.59 Å². The van der Waals surface area contributed by atoms with Gasteiger partial charge in [0.2, 0.25) is 0 Å². The van der Waals surface area contributed by atoms with E-state index >= 15 is 0 Å². The third-order valence-electron chi connectivity index (χ3n) is 4.38. The van der Waals surface area contributed by atoms with Crippen molar-refractivity contribution in [2.75, 3.05) is 106 Å². The number of hydrogen-bond donors (Lipinski definition) is 1. The first-order valence-corrected chi connectivity index (χ1v) is 12.8. The van der Waals surface area contributed by atoms with E-state index in [1.165, 1.54) is 0 Å². The predicted molar refractivity (Wildman–Crippen MR) is 134 cm³/mol. The highest BCUT2D eigenvalue weighted by Crippen LogP contribution is 2.01. The molecule has 0 radical (unpaired) electrons. The summed E-state index contributed by atoms with van der Waals surface area (Å²) in [5, 5.41) is 8.52. The highest BCUT2D eigenvalue weighted by atomic mass is 16.6. The number of carbonyl (C=O) groups is 3. The monoisotopic (exact) mass is 552 g/mol. The number of unbranched alkanes of at least 4 members (excludes halogenated alkanes) is 1. The molecule has 0 aromatic heterocycles. The molecule has 0 atom stereocenters. The fourth-order valence-corrected chi connectivity index (χ4v) is 2.51. The molecular formula is C25H44O13. The Labute approximate surface area is 224 Å². The van der Waals surface area contributed by atoms with Gasteiger partial charge in [-0.25, -0.2) is 4.79 Å². The van der Waals surface area contributed by atoms with Crippen LogP contribution in [0.3, 0.4) is 0 Å². The van der Waals surface area contributed by atoms with Crippen LogP contribution in [0.15, 0.2) is 12.7 Å². The Kier molecular flexibility index (Phi) is 27.8. The van der Waals surface area contributed by atoms with Gasteiger partial charge in [-0.2, -0.15) is 0 Å². The maximum Gasteiger partial charge on any atom is 0.330 e. The fourth-order valence-electron chi connectivity index (χ4n) is 2.51. The van der Waals surface area contributed by atoms with E-state index in [0.717, 1.165) is 6.08 Å². The van der Waals surface area contributed by atoms with Crippen molar-refractivity contribution < 1.29 is 62.1 Å². The number of aliphatic carboxylic acids is 1. The Hall–Kier alpha value is -2.13. The number of carboxylic acid groups (broad SMARTS) is 1. The number of esters is 2. The summed E-state index contributed by atoms with van der Waals surface area (Å²) >= 11 is 0. The van der Waals surface area contributed by atoms with Crippen LogP contribution in [0, 0.1) is 0 Å². The molecule has 0 amide bonds. The van der Waals surface area contributed by atoms with E-state index < -0.39 is 11.9 Å². The van der Waals surface area contributed by atoms with E-state index in [-0.39, 0.29) is 38.6 Å². The molecule has 0 aliphatic heterocycles. The average Bonchev–Trinajstić information content (AvgIpc) is 2.90. The van der Waals surface area contributed by atoms with Crippen molar-refractivity contribution in [3.05, 3.63) is 12.7 Å². The van der Waals surface area contributed by atoms with Gasteiger partial charge in [0.1, 0.15) is 13.2 Å². The van der Waals surface area contributed by atoms with Gasteiger partial charge in [0.05, 0.1) is 92.5 Å². The molecule has 1 N–H and O–H groups in total. The Morgan fingerprint density at radius 3 is 1.16 bits per heavy atom. The number of rotatable bonds is 30. The lowest BCUT2D eigenvalue weighted by Crippen LogP contribution is -2.15. The van der Waals surface area contributed by atoms with Crippen LogP contribution in [0.1, 0.15) is 25.7 Å². The van der Waals surface area contributed by atoms with Gasteiger partial charge in [-0.15, -0.1) is 0 Å². The molecule has 0 spiro atoms. The molecule has 13 nitrogen and oxygen atoms in total. The van der Waals surface area contributed by atoms with Crippen molar-refractivity contribution in [2.24, 2.45) is 0 Å². The molecule has 0 aromatic carbocycles. The van der Waals surface area contributed by atoms with Crippen molar-refractivity contribution in [3.63, 3.8) is 0 Å². The summed E-state index contributed by atoms with van der Waals surface area (Å²) in [6.07, 6.45) is 2.33. The summed E-state index contributed by atoms with van der Waals surface area (Å²) in [5.41, 5.74) is 0. The molecule has 0 aliphatic rings. The first-order chi connectivity index (χ1) is 18.6. The summed E-state index contributed by atoms with van der Waals surface area (Å²) in [7, 11) is 0. The SMILES string of the molecule is C=CC(=O)OCCOCCOCCOCCOCCOCCOCCOCCOC(=O)CCCCC(=O)O. The zero-order valence-corrected chi connectivity index (χ0v) is 22.3. The average molecular weight is 553 g/mol. The zero-order chi connectivity index (χ0) is 27.9. The third-order valence-corrected chi connectivity index (χ3v) is 4.38. The topological polar surface area (TPSA) is 155 Å². The second-order valence-corrected chi connectivity index (χ2v) is 7.48. The normalized spacial score (nSPS) is 10.8. The standard InChI is InChI=1S/C25H44O13/c1-2-24(28)37-21-19-35-17-15-33-13-11-31-9-7-30-8-10-32-12-14-34-16-18-36-20-22-38-25(29)6-4-3-5-23(26)27/h2H,1,3-22H2,(H,26,27). The smallest absolute Gasteiger partial charge is 0.330 e. The predicted octanol–water partition coefficient (Wildman–Crippen LogP) is 1.02. The lowest BCUT2D eigenvalue weighted by atomic mass is 10.2. The summed E-state index contributed by atoms with van der Waals surface area (Å²) in [6, 6.07) is 0. The van der Waals surface area contributed by atoms with Crippen molar-refractivity contribution >= 4 is 17.9 Å². The Morgan fingerprint density at radius 1 is 0.500 bits per heavy atom. The minimum absolute atomic E-state index is 0.0582. The van der Waals surface area contributed by atoms with E-state index in [2.05, 4.69) is 6.58 Å². The highest BCUT2D eigenvalue weighted by Gasteiger charge is 2.04. The fraction of sp³-hybridized carbons (Fsp3) is 0.800. The van der Waals surface area contributed by atoms with Gasteiger partial charge in [0.15, 0.2) is 0 Å². The molecule has 13 heteroatoms. The third kappa shape index (κ3) is 30.1.